The first-order valence-corrected chi connectivity index (χ1v) is 10.9. The highest BCUT2D eigenvalue weighted by Crippen LogP contribution is 2.23. The van der Waals surface area contributed by atoms with Crippen LogP contribution in [0.15, 0.2) is 59.6 Å². The molecule has 0 fully saturated rings. The monoisotopic (exact) mass is 385 g/mol. The van der Waals surface area contributed by atoms with Crippen molar-refractivity contribution >= 4 is 15.6 Å². The first-order valence-electron chi connectivity index (χ1n) is 9.47. The average Bonchev–Trinajstić information content (AvgIpc) is 2.70. The molecule has 27 heavy (non-hydrogen) atoms. The van der Waals surface area contributed by atoms with E-state index in [0.717, 1.165) is 37.3 Å². The molecule has 1 aromatic carbocycles. The first kappa shape index (κ1) is 19.7. The summed E-state index contributed by atoms with van der Waals surface area (Å²) in [7, 11) is -3.54. The molecule has 5 nitrogen and oxygen atoms in total. The van der Waals surface area contributed by atoms with Crippen molar-refractivity contribution in [1.82, 2.24) is 14.2 Å². The van der Waals surface area contributed by atoms with Crippen LogP contribution in [-0.4, -0.2) is 48.8 Å². The number of benzene rings is 1. The predicted octanol–water partition coefficient (Wildman–Crippen LogP) is 3.40. The van der Waals surface area contributed by atoms with Crippen LogP contribution in [0.2, 0.25) is 0 Å². The van der Waals surface area contributed by atoms with Gasteiger partial charge in [-0.3, -0.25) is 4.90 Å². The van der Waals surface area contributed by atoms with Crippen molar-refractivity contribution in [2.75, 3.05) is 26.2 Å². The highest BCUT2D eigenvalue weighted by molar-refractivity contribution is 7.89. The van der Waals surface area contributed by atoms with Crippen LogP contribution in [0.4, 0.5) is 0 Å². The summed E-state index contributed by atoms with van der Waals surface area (Å²) in [5, 5.41) is 0.129. The second kappa shape index (κ2) is 8.78. The molecule has 0 saturated heterocycles. The summed E-state index contributed by atoms with van der Waals surface area (Å²) >= 11 is 0. The second-order valence-electron chi connectivity index (χ2n) is 6.66. The fourth-order valence-electron chi connectivity index (χ4n) is 3.40. The van der Waals surface area contributed by atoms with Gasteiger partial charge in [0.15, 0.2) is 5.03 Å². The van der Waals surface area contributed by atoms with Gasteiger partial charge in [0.25, 0.3) is 10.0 Å². The average molecular weight is 386 g/mol. The Hall–Kier alpha value is -2.02. The van der Waals surface area contributed by atoms with Crippen LogP contribution in [0, 0.1) is 0 Å². The third kappa shape index (κ3) is 4.64. The number of pyridine rings is 1. The van der Waals surface area contributed by atoms with E-state index in [2.05, 4.69) is 40.2 Å². The minimum absolute atomic E-state index is 0.129. The molecule has 1 aliphatic rings. The SMILES string of the molecule is CCN(CC)S(=O)(=O)c1cccc(C2=CCCN(Cc3ccccc3)C2)n1. The number of hydrogen-bond acceptors (Lipinski definition) is 4. The van der Waals surface area contributed by atoms with Gasteiger partial charge in [-0.25, -0.2) is 13.4 Å². The van der Waals surface area contributed by atoms with Crippen molar-refractivity contribution < 1.29 is 8.42 Å². The normalized spacial score (nSPS) is 15.7. The number of aromatic nitrogens is 1. The van der Waals surface area contributed by atoms with Crippen LogP contribution in [-0.2, 0) is 16.6 Å². The molecule has 0 unspecified atom stereocenters. The molecule has 1 aliphatic heterocycles. The van der Waals surface area contributed by atoms with E-state index >= 15 is 0 Å². The second-order valence-corrected chi connectivity index (χ2v) is 8.55. The fourth-order valence-corrected chi connectivity index (χ4v) is 4.81. The van der Waals surface area contributed by atoms with Gasteiger partial charge in [0.05, 0.1) is 5.69 Å². The van der Waals surface area contributed by atoms with Crippen molar-refractivity contribution in [3.8, 4) is 0 Å². The summed E-state index contributed by atoms with van der Waals surface area (Å²) in [5.74, 6) is 0. The lowest BCUT2D eigenvalue weighted by Gasteiger charge is -2.27. The molecule has 1 aromatic heterocycles. The van der Waals surface area contributed by atoms with Crippen molar-refractivity contribution in [2.24, 2.45) is 0 Å². The van der Waals surface area contributed by atoms with Crippen LogP contribution in [0.25, 0.3) is 5.57 Å². The van der Waals surface area contributed by atoms with Crippen LogP contribution in [0.3, 0.4) is 0 Å². The minimum Gasteiger partial charge on any atom is -0.294 e. The van der Waals surface area contributed by atoms with Crippen LogP contribution < -0.4 is 0 Å². The van der Waals surface area contributed by atoms with Gasteiger partial charge in [0.1, 0.15) is 0 Å². The van der Waals surface area contributed by atoms with Crippen molar-refractivity contribution in [3.05, 3.63) is 65.9 Å². The van der Waals surface area contributed by atoms with Gasteiger partial charge in [-0.1, -0.05) is 56.3 Å². The Morgan fingerprint density at radius 2 is 1.78 bits per heavy atom. The number of sulfonamides is 1. The largest absolute Gasteiger partial charge is 0.294 e. The van der Waals surface area contributed by atoms with Crippen LogP contribution >= 0.6 is 0 Å². The third-order valence-corrected chi connectivity index (χ3v) is 6.79. The molecule has 3 rings (SSSR count). The molecule has 0 amide bonds. The molecule has 144 valence electrons. The van der Waals surface area contributed by atoms with Gasteiger partial charge >= 0.3 is 0 Å². The minimum atomic E-state index is -3.54. The lowest BCUT2D eigenvalue weighted by atomic mass is 10.1. The summed E-state index contributed by atoms with van der Waals surface area (Å²) in [4.78, 5) is 6.87. The summed E-state index contributed by atoms with van der Waals surface area (Å²) < 4.78 is 27.0. The summed E-state index contributed by atoms with van der Waals surface area (Å²) in [6, 6.07) is 15.7. The molecule has 0 spiro atoms. The molecule has 2 heterocycles. The smallest absolute Gasteiger partial charge is 0.260 e. The molecule has 2 aromatic rings. The van der Waals surface area contributed by atoms with Crippen LogP contribution in [0.1, 0.15) is 31.5 Å². The standard InChI is InChI=1S/C21H27N3O2S/c1-3-24(4-2)27(25,26)21-14-8-13-20(22-21)19-12-9-15-23(17-19)16-18-10-6-5-7-11-18/h5-8,10-14H,3-4,9,15-17H2,1-2H3. The van der Waals surface area contributed by atoms with Gasteiger partial charge in [-0.05, 0) is 29.7 Å². The number of nitrogens with zero attached hydrogens (tertiary/aromatic N) is 3. The summed E-state index contributed by atoms with van der Waals surface area (Å²) in [6.07, 6.45) is 3.12. The lowest BCUT2D eigenvalue weighted by Crippen LogP contribution is -2.32. The van der Waals surface area contributed by atoms with E-state index in [1.807, 2.05) is 26.0 Å². The van der Waals surface area contributed by atoms with Gasteiger partial charge in [-0.2, -0.15) is 4.31 Å². The number of rotatable bonds is 7. The highest BCUT2D eigenvalue weighted by Gasteiger charge is 2.24. The van der Waals surface area contributed by atoms with Gasteiger partial charge in [-0.15, -0.1) is 0 Å². The van der Waals surface area contributed by atoms with Crippen molar-refractivity contribution in [1.29, 1.82) is 0 Å². The summed E-state index contributed by atoms with van der Waals surface area (Å²) in [6.45, 7) is 7.23. The third-order valence-electron chi connectivity index (χ3n) is 4.84. The van der Waals surface area contributed by atoms with E-state index in [9.17, 15) is 8.42 Å². The molecule has 0 atom stereocenters. The van der Waals surface area contributed by atoms with Gasteiger partial charge in [0, 0.05) is 32.7 Å². The Labute approximate surface area is 162 Å². The zero-order chi connectivity index (χ0) is 19.3. The van der Waals surface area contributed by atoms with E-state index < -0.39 is 10.0 Å². The maximum atomic E-state index is 12.8. The Kier molecular flexibility index (Phi) is 6.42. The molecule has 0 aliphatic carbocycles. The summed E-state index contributed by atoms with van der Waals surface area (Å²) in [5.41, 5.74) is 3.12. The van der Waals surface area contributed by atoms with Crippen molar-refractivity contribution in [2.45, 2.75) is 31.8 Å². The zero-order valence-electron chi connectivity index (χ0n) is 16.0. The Balaban J connectivity index is 1.79. The predicted molar refractivity (Wildman–Crippen MR) is 109 cm³/mol. The van der Waals surface area contributed by atoms with Gasteiger partial charge < -0.3 is 0 Å². The quantitative estimate of drug-likeness (QED) is 0.733. The molecule has 0 N–H and O–H groups in total. The van der Waals surface area contributed by atoms with E-state index in [-0.39, 0.29) is 5.03 Å². The Morgan fingerprint density at radius 1 is 1.04 bits per heavy atom. The molecule has 0 bridgehead atoms. The van der Waals surface area contributed by atoms with Crippen molar-refractivity contribution in [3.63, 3.8) is 0 Å². The van der Waals surface area contributed by atoms with E-state index in [4.69, 9.17) is 0 Å². The maximum absolute atomic E-state index is 12.8. The lowest BCUT2D eigenvalue weighted by molar-refractivity contribution is 0.296. The Bertz CT molecular complexity index is 891. The Morgan fingerprint density at radius 3 is 2.48 bits per heavy atom. The molecular weight excluding hydrogens is 358 g/mol. The highest BCUT2D eigenvalue weighted by atomic mass is 32.2. The first-order chi connectivity index (χ1) is 13.0. The zero-order valence-corrected chi connectivity index (χ0v) is 16.8. The van der Waals surface area contributed by atoms with Gasteiger partial charge in [0.2, 0.25) is 0 Å². The van der Waals surface area contributed by atoms with Crippen LogP contribution in [0.5, 0.6) is 0 Å². The molecule has 0 saturated carbocycles. The fraction of sp³-hybridized carbons (Fsp3) is 0.381. The van der Waals surface area contributed by atoms with E-state index in [1.54, 1.807) is 12.1 Å². The topological polar surface area (TPSA) is 53.5 Å². The van der Waals surface area contributed by atoms with E-state index in [1.165, 1.54) is 9.87 Å². The van der Waals surface area contributed by atoms with E-state index in [0.29, 0.717) is 13.1 Å². The molecular formula is C21H27N3O2S. The molecule has 6 heteroatoms. The number of hydrogen-bond donors (Lipinski definition) is 0. The molecule has 0 radical (unpaired) electrons. The maximum Gasteiger partial charge on any atom is 0.260 e.